The maximum atomic E-state index is 12.2. The first-order valence-corrected chi connectivity index (χ1v) is 9.44. The minimum absolute atomic E-state index is 0.0904. The summed E-state index contributed by atoms with van der Waals surface area (Å²) in [6.07, 6.45) is 3.51. The highest BCUT2D eigenvalue weighted by atomic mass is 32.1. The summed E-state index contributed by atoms with van der Waals surface area (Å²) in [6, 6.07) is 5.53. The Kier molecular flexibility index (Phi) is 4.54. The number of piperazine rings is 1. The zero-order valence-electron chi connectivity index (χ0n) is 14.2. The van der Waals surface area contributed by atoms with Gasteiger partial charge in [0.25, 0.3) is 5.56 Å². The van der Waals surface area contributed by atoms with Crippen LogP contribution in [0.25, 0.3) is 4.96 Å². The quantitative estimate of drug-likeness (QED) is 0.694. The summed E-state index contributed by atoms with van der Waals surface area (Å²) in [5.74, 6) is 0.993. The Bertz CT molecular complexity index is 894. The molecular weight excluding hydrogens is 338 g/mol. The van der Waals surface area contributed by atoms with Crippen molar-refractivity contribution in [2.45, 2.75) is 26.3 Å². The lowest BCUT2D eigenvalue weighted by Crippen LogP contribution is -2.46. The van der Waals surface area contributed by atoms with Crippen molar-refractivity contribution in [1.29, 1.82) is 0 Å². The van der Waals surface area contributed by atoms with Crippen molar-refractivity contribution < 1.29 is 4.42 Å². The Morgan fingerprint density at radius 3 is 2.84 bits per heavy atom. The zero-order chi connectivity index (χ0) is 17.2. The van der Waals surface area contributed by atoms with E-state index in [-0.39, 0.29) is 5.56 Å². The highest BCUT2D eigenvalue weighted by Gasteiger charge is 2.21. The second-order valence-corrected chi connectivity index (χ2v) is 7.19. The molecule has 1 aliphatic rings. The number of furan rings is 1. The van der Waals surface area contributed by atoms with Gasteiger partial charge in [0.05, 0.1) is 12.8 Å². The molecule has 7 nitrogen and oxygen atoms in total. The van der Waals surface area contributed by atoms with Crippen LogP contribution in [0.5, 0.6) is 0 Å². The van der Waals surface area contributed by atoms with E-state index in [0.29, 0.717) is 4.96 Å². The molecule has 0 amide bonds. The molecule has 132 valence electrons. The van der Waals surface area contributed by atoms with Crippen LogP contribution in [0.2, 0.25) is 0 Å². The van der Waals surface area contributed by atoms with Crippen molar-refractivity contribution in [3.8, 4) is 0 Å². The predicted molar refractivity (Wildman–Crippen MR) is 97.3 cm³/mol. The van der Waals surface area contributed by atoms with E-state index in [9.17, 15) is 4.79 Å². The molecule has 0 N–H and O–H groups in total. The van der Waals surface area contributed by atoms with E-state index in [1.54, 1.807) is 12.3 Å². The monoisotopic (exact) mass is 359 g/mol. The molecule has 4 heterocycles. The van der Waals surface area contributed by atoms with Gasteiger partial charge in [-0.2, -0.15) is 4.52 Å². The van der Waals surface area contributed by atoms with Gasteiger partial charge in [-0.25, -0.2) is 4.98 Å². The summed E-state index contributed by atoms with van der Waals surface area (Å²) in [5.41, 5.74) is 0.762. The van der Waals surface area contributed by atoms with Gasteiger partial charge >= 0.3 is 0 Å². The normalized spacial score (nSPS) is 16.0. The fraction of sp³-hybridized carbons (Fsp3) is 0.471. The lowest BCUT2D eigenvalue weighted by atomic mass is 10.2. The molecule has 25 heavy (non-hydrogen) atoms. The minimum Gasteiger partial charge on any atom is -0.468 e. The molecule has 0 bridgehead atoms. The first kappa shape index (κ1) is 16.3. The first-order valence-electron chi connectivity index (χ1n) is 8.62. The molecule has 0 aromatic carbocycles. The second kappa shape index (κ2) is 6.97. The van der Waals surface area contributed by atoms with Crippen LogP contribution >= 0.6 is 11.3 Å². The third-order valence-corrected chi connectivity index (χ3v) is 5.37. The van der Waals surface area contributed by atoms with Crippen LogP contribution in [0.15, 0.2) is 33.7 Å². The first-order chi connectivity index (χ1) is 12.2. The highest BCUT2D eigenvalue weighted by Crippen LogP contribution is 2.23. The molecule has 4 rings (SSSR count). The summed E-state index contributed by atoms with van der Waals surface area (Å²) in [5, 5.41) is 5.36. The SMILES string of the molecule is CCCc1cc(=O)n2nc(N3CCN(Cc4ccco4)CC3)sc2n1. The third kappa shape index (κ3) is 3.45. The lowest BCUT2D eigenvalue weighted by molar-refractivity contribution is 0.230. The number of rotatable bonds is 5. The Hall–Kier alpha value is -2.19. The van der Waals surface area contributed by atoms with Crippen LogP contribution in [0, 0.1) is 0 Å². The molecule has 0 spiro atoms. The molecular formula is C17H21N5O2S. The summed E-state index contributed by atoms with van der Waals surface area (Å²) in [7, 11) is 0. The molecule has 1 fully saturated rings. The number of aromatic nitrogens is 3. The molecule has 0 radical (unpaired) electrons. The fourth-order valence-electron chi connectivity index (χ4n) is 3.08. The molecule has 3 aromatic heterocycles. The van der Waals surface area contributed by atoms with E-state index in [0.717, 1.165) is 62.2 Å². The van der Waals surface area contributed by atoms with E-state index < -0.39 is 0 Å². The largest absolute Gasteiger partial charge is 0.468 e. The van der Waals surface area contributed by atoms with Gasteiger partial charge in [-0.05, 0) is 18.6 Å². The van der Waals surface area contributed by atoms with E-state index >= 15 is 0 Å². The van der Waals surface area contributed by atoms with Crippen molar-refractivity contribution >= 4 is 21.4 Å². The van der Waals surface area contributed by atoms with Crippen molar-refractivity contribution in [3.05, 3.63) is 46.3 Å². The highest BCUT2D eigenvalue weighted by molar-refractivity contribution is 7.20. The Morgan fingerprint density at radius 1 is 1.28 bits per heavy atom. The number of fused-ring (bicyclic) bond motifs is 1. The van der Waals surface area contributed by atoms with Gasteiger partial charge in [0.1, 0.15) is 5.76 Å². The predicted octanol–water partition coefficient (Wildman–Crippen LogP) is 2.02. The number of hydrogen-bond donors (Lipinski definition) is 0. The molecule has 1 saturated heterocycles. The smallest absolute Gasteiger partial charge is 0.275 e. The molecule has 0 saturated carbocycles. The standard InChI is InChI=1S/C17H21N5O2S/c1-2-4-13-11-15(23)22-16(18-13)25-17(19-22)21-8-6-20(7-9-21)12-14-5-3-10-24-14/h3,5,10-11H,2,4,6-9,12H2,1H3. The van der Waals surface area contributed by atoms with Gasteiger partial charge in [0.15, 0.2) is 0 Å². The summed E-state index contributed by atoms with van der Waals surface area (Å²) in [4.78, 5) is 22.1. The van der Waals surface area contributed by atoms with Crippen LogP contribution in [0.3, 0.4) is 0 Å². The zero-order valence-corrected chi connectivity index (χ0v) is 15.0. The van der Waals surface area contributed by atoms with Crippen molar-refractivity contribution in [2.75, 3.05) is 31.1 Å². The van der Waals surface area contributed by atoms with E-state index in [1.807, 2.05) is 12.1 Å². The van der Waals surface area contributed by atoms with Gasteiger partial charge in [-0.15, -0.1) is 5.10 Å². The summed E-state index contributed by atoms with van der Waals surface area (Å²) < 4.78 is 6.84. The maximum absolute atomic E-state index is 12.2. The molecule has 0 aliphatic carbocycles. The number of nitrogens with zero attached hydrogens (tertiary/aromatic N) is 5. The van der Waals surface area contributed by atoms with E-state index in [2.05, 4.69) is 26.8 Å². The van der Waals surface area contributed by atoms with Crippen LogP contribution in [-0.4, -0.2) is 45.7 Å². The Labute approximate surface area is 149 Å². The average molecular weight is 359 g/mol. The van der Waals surface area contributed by atoms with Gasteiger partial charge in [-0.3, -0.25) is 9.69 Å². The summed E-state index contributed by atoms with van der Waals surface area (Å²) in [6.45, 7) is 6.58. The molecule has 1 aliphatic heterocycles. The van der Waals surface area contributed by atoms with Crippen LogP contribution < -0.4 is 10.5 Å². The maximum Gasteiger partial charge on any atom is 0.275 e. The minimum atomic E-state index is -0.0904. The van der Waals surface area contributed by atoms with Crippen LogP contribution in [-0.2, 0) is 13.0 Å². The van der Waals surface area contributed by atoms with Crippen molar-refractivity contribution in [1.82, 2.24) is 19.5 Å². The Morgan fingerprint density at radius 2 is 2.12 bits per heavy atom. The third-order valence-electron chi connectivity index (χ3n) is 4.40. The summed E-state index contributed by atoms with van der Waals surface area (Å²) >= 11 is 1.49. The molecule has 8 heteroatoms. The molecule has 3 aromatic rings. The van der Waals surface area contributed by atoms with E-state index in [4.69, 9.17) is 4.42 Å². The lowest BCUT2D eigenvalue weighted by Gasteiger charge is -2.33. The topological polar surface area (TPSA) is 66.9 Å². The average Bonchev–Trinajstić information content (AvgIpc) is 3.26. The van der Waals surface area contributed by atoms with Gasteiger partial charge < -0.3 is 9.32 Å². The molecule has 0 atom stereocenters. The fourth-order valence-corrected chi connectivity index (χ4v) is 4.06. The van der Waals surface area contributed by atoms with Crippen LogP contribution in [0.1, 0.15) is 24.8 Å². The number of hydrogen-bond acceptors (Lipinski definition) is 7. The van der Waals surface area contributed by atoms with E-state index in [1.165, 1.54) is 15.9 Å². The van der Waals surface area contributed by atoms with Gasteiger partial charge in [0.2, 0.25) is 10.1 Å². The number of anilines is 1. The second-order valence-electron chi connectivity index (χ2n) is 6.26. The van der Waals surface area contributed by atoms with Crippen LogP contribution in [0.4, 0.5) is 5.13 Å². The van der Waals surface area contributed by atoms with Crippen molar-refractivity contribution in [3.63, 3.8) is 0 Å². The number of aryl methyl sites for hydroxylation is 1. The van der Waals surface area contributed by atoms with Gasteiger partial charge in [-0.1, -0.05) is 24.7 Å². The van der Waals surface area contributed by atoms with Gasteiger partial charge in [0, 0.05) is 37.9 Å². The van der Waals surface area contributed by atoms with Crippen molar-refractivity contribution in [2.24, 2.45) is 0 Å². The Balaban J connectivity index is 1.47. The molecule has 0 unspecified atom stereocenters.